The minimum absolute atomic E-state index is 0.137. The first-order chi connectivity index (χ1) is 12.2. The summed E-state index contributed by atoms with van der Waals surface area (Å²) in [5, 5.41) is 4.01. The molecule has 25 heavy (non-hydrogen) atoms. The number of pyridine rings is 1. The lowest BCUT2D eigenvalue weighted by Crippen LogP contribution is -2.27. The molecule has 2 N–H and O–H groups in total. The van der Waals surface area contributed by atoms with E-state index < -0.39 is 0 Å². The number of rotatable bonds is 5. The molecule has 0 radical (unpaired) electrons. The fourth-order valence-corrected chi connectivity index (χ4v) is 3.16. The Kier molecular flexibility index (Phi) is 3.92. The molecule has 128 valence electrons. The largest absolute Gasteiger partial charge is 0.496 e. The van der Waals surface area contributed by atoms with Gasteiger partial charge in [-0.3, -0.25) is 4.79 Å². The Bertz CT molecular complexity index is 928. The molecule has 0 aliphatic heterocycles. The SMILES string of the molecule is COc1ccccc1[C@@H](C)NC(=O)c1cnc2[nH]c(C3CC3)cc2c1. The van der Waals surface area contributed by atoms with E-state index in [9.17, 15) is 4.79 Å². The molecule has 0 bridgehead atoms. The number of methoxy groups -OCH3 is 1. The fourth-order valence-electron chi connectivity index (χ4n) is 3.16. The predicted molar refractivity (Wildman–Crippen MR) is 96.9 cm³/mol. The van der Waals surface area contributed by atoms with E-state index in [0.29, 0.717) is 11.5 Å². The van der Waals surface area contributed by atoms with Gasteiger partial charge in [0.05, 0.1) is 18.7 Å². The van der Waals surface area contributed by atoms with Crippen LogP contribution in [0.4, 0.5) is 0 Å². The van der Waals surface area contributed by atoms with E-state index in [4.69, 9.17) is 4.74 Å². The van der Waals surface area contributed by atoms with Gasteiger partial charge in [0, 0.05) is 22.8 Å². The lowest BCUT2D eigenvalue weighted by atomic mass is 10.1. The number of aromatic amines is 1. The average Bonchev–Trinajstić information content (AvgIpc) is 3.40. The molecule has 1 atom stereocenters. The number of aromatic nitrogens is 2. The number of hydrogen-bond acceptors (Lipinski definition) is 3. The van der Waals surface area contributed by atoms with Crippen LogP contribution in [0.25, 0.3) is 11.0 Å². The quantitative estimate of drug-likeness (QED) is 0.742. The van der Waals surface area contributed by atoms with Crippen LogP contribution in [0.5, 0.6) is 5.75 Å². The molecule has 1 aliphatic rings. The topological polar surface area (TPSA) is 67.0 Å². The van der Waals surface area contributed by atoms with Crippen molar-refractivity contribution in [3.8, 4) is 5.75 Å². The van der Waals surface area contributed by atoms with Gasteiger partial charge in [-0.25, -0.2) is 4.98 Å². The molecule has 0 saturated heterocycles. The second-order valence-electron chi connectivity index (χ2n) is 6.60. The zero-order chi connectivity index (χ0) is 17.4. The summed E-state index contributed by atoms with van der Waals surface area (Å²) in [4.78, 5) is 20.4. The van der Waals surface area contributed by atoms with Gasteiger partial charge in [-0.2, -0.15) is 0 Å². The Morgan fingerprint density at radius 1 is 1.32 bits per heavy atom. The highest BCUT2D eigenvalue weighted by atomic mass is 16.5. The Hall–Kier alpha value is -2.82. The first-order valence-corrected chi connectivity index (χ1v) is 8.58. The third kappa shape index (κ3) is 3.09. The first-order valence-electron chi connectivity index (χ1n) is 8.58. The van der Waals surface area contributed by atoms with E-state index in [2.05, 4.69) is 21.4 Å². The van der Waals surface area contributed by atoms with Gasteiger partial charge in [-0.1, -0.05) is 18.2 Å². The number of fused-ring (bicyclic) bond motifs is 1. The summed E-state index contributed by atoms with van der Waals surface area (Å²) in [6.07, 6.45) is 4.09. The van der Waals surface area contributed by atoms with E-state index >= 15 is 0 Å². The second kappa shape index (κ2) is 6.24. The fraction of sp³-hybridized carbons (Fsp3) is 0.300. The van der Waals surface area contributed by atoms with E-state index in [-0.39, 0.29) is 11.9 Å². The summed E-state index contributed by atoms with van der Waals surface area (Å²) in [6, 6.07) is 11.6. The third-order valence-corrected chi connectivity index (χ3v) is 4.72. The van der Waals surface area contributed by atoms with Crippen molar-refractivity contribution in [1.82, 2.24) is 15.3 Å². The monoisotopic (exact) mass is 335 g/mol. The number of amides is 1. The number of para-hydroxylation sites is 1. The minimum atomic E-state index is -0.160. The highest BCUT2D eigenvalue weighted by molar-refractivity contribution is 5.97. The first kappa shape index (κ1) is 15.7. The molecule has 1 saturated carbocycles. The van der Waals surface area contributed by atoms with Crippen LogP contribution in [-0.2, 0) is 0 Å². The van der Waals surface area contributed by atoms with Gasteiger partial charge in [0.25, 0.3) is 5.91 Å². The number of ether oxygens (including phenoxy) is 1. The molecule has 3 aromatic rings. The Labute approximate surface area is 146 Å². The van der Waals surface area contributed by atoms with Gasteiger partial charge in [0.15, 0.2) is 0 Å². The van der Waals surface area contributed by atoms with Crippen molar-refractivity contribution in [1.29, 1.82) is 0 Å². The Morgan fingerprint density at radius 2 is 2.12 bits per heavy atom. The average molecular weight is 335 g/mol. The van der Waals surface area contributed by atoms with Gasteiger partial charge in [0.1, 0.15) is 11.4 Å². The number of hydrogen-bond donors (Lipinski definition) is 2. The van der Waals surface area contributed by atoms with Crippen LogP contribution < -0.4 is 10.1 Å². The summed E-state index contributed by atoms with van der Waals surface area (Å²) in [5.41, 5.74) is 3.58. The van der Waals surface area contributed by atoms with Crippen LogP contribution in [0.15, 0.2) is 42.6 Å². The molecule has 1 amide bonds. The maximum atomic E-state index is 12.6. The van der Waals surface area contributed by atoms with Crippen molar-refractivity contribution in [2.45, 2.75) is 31.7 Å². The predicted octanol–water partition coefficient (Wildman–Crippen LogP) is 3.94. The van der Waals surface area contributed by atoms with Crippen LogP contribution >= 0.6 is 0 Å². The van der Waals surface area contributed by atoms with E-state index in [0.717, 1.165) is 22.3 Å². The van der Waals surface area contributed by atoms with E-state index in [1.807, 2.05) is 37.3 Å². The molecule has 4 rings (SSSR count). The van der Waals surface area contributed by atoms with Crippen LogP contribution in [0, 0.1) is 0 Å². The zero-order valence-electron chi connectivity index (χ0n) is 14.4. The highest BCUT2D eigenvalue weighted by Crippen LogP contribution is 2.40. The number of benzene rings is 1. The molecule has 0 spiro atoms. The normalized spacial score (nSPS) is 15.1. The molecule has 1 aliphatic carbocycles. The number of nitrogens with one attached hydrogen (secondary N) is 2. The van der Waals surface area contributed by atoms with Gasteiger partial charge in [-0.05, 0) is 43.9 Å². The van der Waals surface area contributed by atoms with E-state index in [1.165, 1.54) is 18.5 Å². The standard InChI is InChI=1S/C20H21N3O2/c1-12(16-5-3-4-6-18(16)25-2)22-20(24)15-9-14-10-17(13-7-8-13)23-19(14)21-11-15/h3-6,9-13H,7-8H2,1-2H3,(H,21,23)(H,22,24)/t12-/m1/s1. The van der Waals surface area contributed by atoms with Crippen molar-refractivity contribution in [2.24, 2.45) is 0 Å². The molecular weight excluding hydrogens is 314 g/mol. The molecule has 1 fully saturated rings. The number of carbonyl (C=O) groups is 1. The highest BCUT2D eigenvalue weighted by Gasteiger charge is 2.25. The summed E-state index contributed by atoms with van der Waals surface area (Å²) in [5.74, 6) is 1.27. The summed E-state index contributed by atoms with van der Waals surface area (Å²) >= 11 is 0. The van der Waals surface area contributed by atoms with Gasteiger partial charge >= 0.3 is 0 Å². The van der Waals surface area contributed by atoms with E-state index in [1.54, 1.807) is 13.3 Å². The lowest BCUT2D eigenvalue weighted by Gasteiger charge is -2.17. The van der Waals surface area contributed by atoms with Crippen LogP contribution in [-0.4, -0.2) is 23.0 Å². The summed E-state index contributed by atoms with van der Waals surface area (Å²) < 4.78 is 5.37. The van der Waals surface area contributed by atoms with Crippen molar-refractivity contribution in [3.63, 3.8) is 0 Å². The zero-order valence-corrected chi connectivity index (χ0v) is 14.4. The molecule has 2 heterocycles. The van der Waals surface area contributed by atoms with Gasteiger partial charge < -0.3 is 15.0 Å². The Morgan fingerprint density at radius 3 is 2.88 bits per heavy atom. The van der Waals surface area contributed by atoms with Gasteiger partial charge in [0.2, 0.25) is 0 Å². The van der Waals surface area contributed by atoms with Crippen LogP contribution in [0.3, 0.4) is 0 Å². The maximum Gasteiger partial charge on any atom is 0.253 e. The van der Waals surface area contributed by atoms with Crippen LogP contribution in [0.2, 0.25) is 0 Å². The van der Waals surface area contributed by atoms with Crippen LogP contribution in [0.1, 0.15) is 53.3 Å². The third-order valence-electron chi connectivity index (χ3n) is 4.72. The molecule has 5 nitrogen and oxygen atoms in total. The molecule has 1 aromatic carbocycles. The number of carbonyl (C=O) groups excluding carboxylic acids is 1. The van der Waals surface area contributed by atoms with Crippen molar-refractivity contribution in [3.05, 3.63) is 59.4 Å². The molecular formula is C20H21N3O2. The van der Waals surface area contributed by atoms with Gasteiger partial charge in [-0.15, -0.1) is 0 Å². The summed E-state index contributed by atoms with van der Waals surface area (Å²) in [7, 11) is 1.63. The number of H-pyrrole nitrogens is 1. The number of nitrogens with zero attached hydrogens (tertiary/aromatic N) is 1. The maximum absolute atomic E-state index is 12.6. The smallest absolute Gasteiger partial charge is 0.253 e. The molecule has 0 unspecified atom stereocenters. The van der Waals surface area contributed by atoms with Crippen molar-refractivity contribution >= 4 is 16.9 Å². The Balaban J connectivity index is 1.54. The molecule has 2 aromatic heterocycles. The van der Waals surface area contributed by atoms with Crippen molar-refractivity contribution < 1.29 is 9.53 Å². The minimum Gasteiger partial charge on any atom is -0.496 e. The molecule has 5 heteroatoms. The summed E-state index contributed by atoms with van der Waals surface area (Å²) in [6.45, 7) is 1.95. The van der Waals surface area contributed by atoms with Crippen molar-refractivity contribution in [2.75, 3.05) is 7.11 Å². The second-order valence-corrected chi connectivity index (χ2v) is 6.60. The lowest BCUT2D eigenvalue weighted by molar-refractivity contribution is 0.0939.